The summed E-state index contributed by atoms with van der Waals surface area (Å²) in [5.74, 6) is 6.53. The molecule has 0 atom stereocenters. The van der Waals surface area contributed by atoms with E-state index in [0.29, 0.717) is 0 Å². The summed E-state index contributed by atoms with van der Waals surface area (Å²) in [7, 11) is 0. The molecule has 2 heterocycles. The Labute approximate surface area is 91.1 Å². The molecule has 0 aliphatic carbocycles. The van der Waals surface area contributed by atoms with Crippen LogP contribution in [0.15, 0.2) is 12.3 Å². The van der Waals surface area contributed by atoms with Gasteiger partial charge in [0.2, 0.25) is 0 Å². The van der Waals surface area contributed by atoms with E-state index in [1.807, 2.05) is 19.9 Å². The van der Waals surface area contributed by atoms with Gasteiger partial charge in [-0.2, -0.15) is 0 Å². The molecule has 74 valence electrons. The van der Waals surface area contributed by atoms with Crippen molar-refractivity contribution in [2.45, 2.75) is 13.8 Å². The second-order valence-electron chi connectivity index (χ2n) is 3.13. The number of hydrogen-bond acceptors (Lipinski definition) is 3. The maximum atomic E-state index is 5.92. The molecule has 0 spiro atoms. The molecule has 0 bridgehead atoms. The van der Waals surface area contributed by atoms with E-state index in [0.717, 1.165) is 26.3 Å². The SMILES string of the molecule is Cc1cn(N)c(-c2cc(Cl)sc2C)n1. The summed E-state index contributed by atoms with van der Waals surface area (Å²) in [4.78, 5) is 5.47. The Morgan fingerprint density at radius 1 is 1.50 bits per heavy atom. The summed E-state index contributed by atoms with van der Waals surface area (Å²) >= 11 is 7.45. The molecule has 14 heavy (non-hydrogen) atoms. The van der Waals surface area contributed by atoms with Gasteiger partial charge in [-0.1, -0.05) is 11.6 Å². The van der Waals surface area contributed by atoms with E-state index in [-0.39, 0.29) is 0 Å². The van der Waals surface area contributed by atoms with Gasteiger partial charge in [-0.3, -0.25) is 4.68 Å². The van der Waals surface area contributed by atoms with Gasteiger partial charge in [-0.15, -0.1) is 11.3 Å². The van der Waals surface area contributed by atoms with Crippen molar-refractivity contribution >= 4 is 22.9 Å². The van der Waals surface area contributed by atoms with E-state index < -0.39 is 0 Å². The summed E-state index contributed by atoms with van der Waals surface area (Å²) < 4.78 is 2.29. The number of imidazole rings is 1. The van der Waals surface area contributed by atoms with Crippen LogP contribution in [0.5, 0.6) is 0 Å². The van der Waals surface area contributed by atoms with Gasteiger partial charge in [-0.05, 0) is 19.9 Å². The van der Waals surface area contributed by atoms with E-state index in [4.69, 9.17) is 17.4 Å². The second kappa shape index (κ2) is 3.29. The molecule has 0 saturated heterocycles. The van der Waals surface area contributed by atoms with Gasteiger partial charge in [0.1, 0.15) is 0 Å². The van der Waals surface area contributed by atoms with E-state index in [1.54, 1.807) is 6.20 Å². The molecule has 0 radical (unpaired) electrons. The number of nitrogen functional groups attached to an aromatic ring is 1. The Morgan fingerprint density at radius 3 is 2.64 bits per heavy atom. The first kappa shape index (κ1) is 9.55. The standard InChI is InChI=1S/C9H10ClN3S/c1-5-4-13(11)9(12-5)7-3-8(10)14-6(7)2/h3-4H,11H2,1-2H3. The normalized spacial score (nSPS) is 10.8. The lowest BCUT2D eigenvalue weighted by Gasteiger charge is -1.98. The molecule has 0 saturated carbocycles. The maximum Gasteiger partial charge on any atom is 0.159 e. The molecule has 0 fully saturated rings. The minimum absolute atomic E-state index is 0.762. The largest absolute Gasteiger partial charge is 0.338 e. The van der Waals surface area contributed by atoms with Crippen molar-refractivity contribution in [1.29, 1.82) is 0 Å². The number of hydrogen-bond donors (Lipinski definition) is 1. The summed E-state index contributed by atoms with van der Waals surface area (Å²) in [5, 5.41) is 0. The van der Waals surface area contributed by atoms with E-state index >= 15 is 0 Å². The molecule has 2 rings (SSSR count). The van der Waals surface area contributed by atoms with Crippen LogP contribution in [-0.4, -0.2) is 9.66 Å². The summed E-state index contributed by atoms with van der Waals surface area (Å²) in [6.45, 7) is 3.92. The number of aryl methyl sites for hydroxylation is 2. The highest BCUT2D eigenvalue weighted by Crippen LogP contribution is 2.32. The zero-order chi connectivity index (χ0) is 10.3. The van der Waals surface area contributed by atoms with Gasteiger partial charge in [0.25, 0.3) is 0 Å². The molecule has 2 aromatic rings. The lowest BCUT2D eigenvalue weighted by molar-refractivity contribution is 1.01. The van der Waals surface area contributed by atoms with Crippen molar-refractivity contribution in [1.82, 2.24) is 9.66 Å². The van der Waals surface area contributed by atoms with Crippen LogP contribution in [0.2, 0.25) is 4.34 Å². The van der Waals surface area contributed by atoms with Crippen LogP contribution in [0.25, 0.3) is 11.4 Å². The monoisotopic (exact) mass is 227 g/mol. The van der Waals surface area contributed by atoms with Crippen LogP contribution in [0.1, 0.15) is 10.6 Å². The molecule has 2 N–H and O–H groups in total. The average Bonchev–Trinajstić information content (AvgIpc) is 2.55. The number of halogens is 1. The quantitative estimate of drug-likeness (QED) is 0.762. The highest BCUT2D eigenvalue weighted by molar-refractivity contribution is 7.16. The minimum atomic E-state index is 0.762. The van der Waals surface area contributed by atoms with Gasteiger partial charge < -0.3 is 5.84 Å². The Morgan fingerprint density at radius 2 is 2.21 bits per heavy atom. The fourth-order valence-corrected chi connectivity index (χ4v) is 2.57. The molecular formula is C9H10ClN3S. The average molecular weight is 228 g/mol. The lowest BCUT2D eigenvalue weighted by Crippen LogP contribution is -2.08. The van der Waals surface area contributed by atoms with Crippen LogP contribution >= 0.6 is 22.9 Å². The van der Waals surface area contributed by atoms with Crippen LogP contribution in [-0.2, 0) is 0 Å². The van der Waals surface area contributed by atoms with Crippen LogP contribution in [0.3, 0.4) is 0 Å². The molecular weight excluding hydrogens is 218 g/mol. The molecule has 0 aliphatic heterocycles. The van der Waals surface area contributed by atoms with E-state index in [1.165, 1.54) is 16.0 Å². The third-order valence-electron chi connectivity index (χ3n) is 1.98. The van der Waals surface area contributed by atoms with E-state index in [9.17, 15) is 0 Å². The Bertz CT molecular complexity index is 428. The van der Waals surface area contributed by atoms with Crippen LogP contribution in [0.4, 0.5) is 0 Å². The summed E-state index contributed by atoms with van der Waals surface area (Å²) in [5.41, 5.74) is 1.92. The molecule has 5 heteroatoms. The fraction of sp³-hybridized carbons (Fsp3) is 0.222. The van der Waals surface area contributed by atoms with Crippen molar-refractivity contribution in [3.63, 3.8) is 0 Å². The Balaban J connectivity index is 2.59. The third kappa shape index (κ3) is 1.51. The summed E-state index contributed by atoms with van der Waals surface area (Å²) in [6.07, 6.45) is 1.79. The van der Waals surface area contributed by atoms with Gasteiger partial charge in [0.05, 0.1) is 10.0 Å². The zero-order valence-electron chi connectivity index (χ0n) is 7.91. The first-order valence-corrected chi connectivity index (χ1v) is 5.34. The molecule has 0 unspecified atom stereocenters. The molecule has 3 nitrogen and oxygen atoms in total. The summed E-state index contributed by atoms with van der Waals surface area (Å²) in [6, 6.07) is 1.90. The zero-order valence-corrected chi connectivity index (χ0v) is 9.49. The number of nitrogens with two attached hydrogens (primary N) is 1. The van der Waals surface area contributed by atoms with Crippen molar-refractivity contribution in [3.8, 4) is 11.4 Å². The van der Waals surface area contributed by atoms with Gasteiger partial charge >= 0.3 is 0 Å². The van der Waals surface area contributed by atoms with Gasteiger partial charge in [0.15, 0.2) is 5.82 Å². The predicted octanol–water partition coefficient (Wildman–Crippen LogP) is 2.60. The number of rotatable bonds is 1. The highest BCUT2D eigenvalue weighted by Gasteiger charge is 2.11. The number of thiophene rings is 1. The van der Waals surface area contributed by atoms with Crippen molar-refractivity contribution in [2.75, 3.05) is 5.84 Å². The maximum absolute atomic E-state index is 5.92. The predicted molar refractivity (Wildman–Crippen MR) is 60.2 cm³/mol. The molecule has 0 amide bonds. The van der Waals surface area contributed by atoms with Crippen LogP contribution < -0.4 is 5.84 Å². The molecule has 0 aliphatic rings. The first-order valence-electron chi connectivity index (χ1n) is 4.15. The Kier molecular flexibility index (Phi) is 2.25. The minimum Gasteiger partial charge on any atom is -0.338 e. The Hall–Kier alpha value is -1.00. The van der Waals surface area contributed by atoms with Gasteiger partial charge in [-0.25, -0.2) is 4.98 Å². The van der Waals surface area contributed by atoms with Crippen molar-refractivity contribution in [3.05, 3.63) is 27.2 Å². The second-order valence-corrected chi connectivity index (χ2v) is 5.02. The smallest absolute Gasteiger partial charge is 0.159 e. The van der Waals surface area contributed by atoms with E-state index in [2.05, 4.69) is 4.98 Å². The number of aromatic nitrogens is 2. The molecule has 0 aromatic carbocycles. The third-order valence-corrected chi connectivity index (χ3v) is 3.16. The topological polar surface area (TPSA) is 43.8 Å². The fourth-order valence-electron chi connectivity index (χ4n) is 1.38. The highest BCUT2D eigenvalue weighted by atomic mass is 35.5. The number of nitrogens with zero attached hydrogens (tertiary/aromatic N) is 2. The van der Waals surface area contributed by atoms with Crippen LogP contribution in [0, 0.1) is 13.8 Å². The lowest BCUT2D eigenvalue weighted by atomic mass is 10.2. The first-order chi connectivity index (χ1) is 6.58. The van der Waals surface area contributed by atoms with Crippen molar-refractivity contribution in [2.24, 2.45) is 0 Å². The van der Waals surface area contributed by atoms with Gasteiger partial charge in [0, 0.05) is 16.6 Å². The molecule has 2 aromatic heterocycles. The van der Waals surface area contributed by atoms with Crippen molar-refractivity contribution < 1.29 is 0 Å².